The zero-order valence-corrected chi connectivity index (χ0v) is 14.5. The molecule has 0 spiro atoms. The minimum Gasteiger partial charge on any atom is -0.486 e. The summed E-state index contributed by atoms with van der Waals surface area (Å²) in [6.45, 7) is 0.326. The third kappa shape index (κ3) is 4.37. The predicted octanol–water partition coefficient (Wildman–Crippen LogP) is 1.77. The Morgan fingerprint density at radius 1 is 1.23 bits per heavy atom. The molecule has 26 heavy (non-hydrogen) atoms. The lowest BCUT2D eigenvalue weighted by atomic mass is 10.2. The lowest BCUT2D eigenvalue weighted by Crippen LogP contribution is -2.42. The molecule has 0 saturated heterocycles. The number of fused-ring (bicyclic) bond motifs is 1. The van der Waals surface area contributed by atoms with Gasteiger partial charge in [-0.05, 0) is 30.3 Å². The highest BCUT2D eigenvalue weighted by Gasteiger charge is 2.21. The number of hydrogen-bond donors (Lipinski definition) is 2. The second-order valence-corrected chi connectivity index (χ2v) is 6.03. The molecule has 1 atom stereocenters. The summed E-state index contributed by atoms with van der Waals surface area (Å²) < 4.78 is 16.7. The van der Waals surface area contributed by atoms with Gasteiger partial charge in [0, 0.05) is 5.02 Å². The van der Waals surface area contributed by atoms with E-state index in [9.17, 15) is 9.59 Å². The maximum absolute atomic E-state index is 12.0. The van der Waals surface area contributed by atoms with Gasteiger partial charge in [0.2, 0.25) is 0 Å². The molecule has 3 rings (SSSR count). The molecule has 0 radical (unpaired) electrons. The summed E-state index contributed by atoms with van der Waals surface area (Å²) in [5.41, 5.74) is 5.39. The van der Waals surface area contributed by atoms with Crippen LogP contribution in [0.15, 0.2) is 42.5 Å². The van der Waals surface area contributed by atoms with Gasteiger partial charge in [-0.15, -0.1) is 0 Å². The molecular weight excluding hydrogens is 360 g/mol. The van der Waals surface area contributed by atoms with Crippen LogP contribution in [0.25, 0.3) is 0 Å². The number of carbonyl (C=O) groups is 2. The average Bonchev–Trinajstić information content (AvgIpc) is 2.65. The molecule has 0 aromatic heterocycles. The van der Waals surface area contributed by atoms with Gasteiger partial charge in [-0.2, -0.15) is 0 Å². The van der Waals surface area contributed by atoms with Crippen LogP contribution in [0, 0.1) is 0 Å². The van der Waals surface area contributed by atoms with Crippen LogP contribution in [0.1, 0.15) is 10.4 Å². The van der Waals surface area contributed by atoms with Crippen molar-refractivity contribution < 1.29 is 23.8 Å². The van der Waals surface area contributed by atoms with Gasteiger partial charge < -0.3 is 25.3 Å². The number of hydrogen-bond acceptors (Lipinski definition) is 5. The molecule has 7 nitrogen and oxygen atoms in total. The molecule has 0 aliphatic carbocycles. The summed E-state index contributed by atoms with van der Waals surface area (Å²) in [5, 5.41) is 3.05. The monoisotopic (exact) mass is 376 g/mol. The molecule has 8 heteroatoms. The molecule has 136 valence electrons. The molecule has 1 aliphatic rings. The summed E-state index contributed by atoms with van der Waals surface area (Å²) in [6, 6.07) is 11.8. The van der Waals surface area contributed by atoms with Crippen LogP contribution in [0.2, 0.25) is 5.02 Å². The fraction of sp³-hybridized carbons (Fsp3) is 0.222. The predicted molar refractivity (Wildman–Crippen MR) is 94.8 cm³/mol. The Morgan fingerprint density at radius 3 is 2.77 bits per heavy atom. The Morgan fingerprint density at radius 2 is 2.00 bits per heavy atom. The number of nitrogens with one attached hydrogen (secondary N) is 1. The molecule has 0 bridgehead atoms. The third-order valence-electron chi connectivity index (χ3n) is 3.66. The van der Waals surface area contributed by atoms with Crippen molar-refractivity contribution in [2.24, 2.45) is 5.73 Å². The van der Waals surface area contributed by atoms with E-state index in [0.29, 0.717) is 23.1 Å². The number of primary amides is 1. The van der Waals surface area contributed by atoms with Crippen molar-refractivity contribution in [3.05, 3.63) is 53.1 Å². The topological polar surface area (TPSA) is 99.9 Å². The largest absolute Gasteiger partial charge is 0.486 e. The number of carbonyl (C=O) groups excluding carboxylic acids is 2. The SMILES string of the molecule is NC(=O)c1cc(Cl)ccc1OCC(=O)NC[C@@H]1COc2ccccc2O1. The molecule has 2 aromatic rings. The zero-order valence-electron chi connectivity index (χ0n) is 13.7. The van der Waals surface area contributed by atoms with Crippen LogP contribution in [0.4, 0.5) is 0 Å². The maximum Gasteiger partial charge on any atom is 0.258 e. The van der Waals surface area contributed by atoms with Gasteiger partial charge in [0.25, 0.3) is 11.8 Å². The normalized spacial score (nSPS) is 15.2. The highest BCUT2D eigenvalue weighted by molar-refractivity contribution is 6.31. The first kappa shape index (κ1) is 17.9. The van der Waals surface area contributed by atoms with Gasteiger partial charge in [-0.25, -0.2) is 0 Å². The third-order valence-corrected chi connectivity index (χ3v) is 3.90. The fourth-order valence-electron chi connectivity index (χ4n) is 2.41. The van der Waals surface area contributed by atoms with Gasteiger partial charge >= 0.3 is 0 Å². The Balaban J connectivity index is 1.49. The Bertz CT molecular complexity index is 827. The number of para-hydroxylation sites is 2. The van der Waals surface area contributed by atoms with Crippen molar-refractivity contribution >= 4 is 23.4 Å². The molecule has 0 saturated carbocycles. The molecule has 2 amide bonds. The van der Waals surface area contributed by atoms with Gasteiger partial charge in [0.05, 0.1) is 12.1 Å². The van der Waals surface area contributed by atoms with Crippen molar-refractivity contribution in [1.82, 2.24) is 5.32 Å². The summed E-state index contributed by atoms with van der Waals surface area (Å²) >= 11 is 5.83. The average molecular weight is 377 g/mol. The highest BCUT2D eigenvalue weighted by Crippen LogP contribution is 2.30. The molecule has 0 unspecified atom stereocenters. The molecule has 2 aromatic carbocycles. The molecule has 1 heterocycles. The number of rotatable bonds is 6. The van der Waals surface area contributed by atoms with Gasteiger partial charge in [-0.3, -0.25) is 9.59 Å². The van der Waals surface area contributed by atoms with Crippen molar-refractivity contribution in [2.45, 2.75) is 6.10 Å². The van der Waals surface area contributed by atoms with Crippen molar-refractivity contribution in [2.75, 3.05) is 19.8 Å². The Hall–Kier alpha value is -2.93. The standard InChI is InChI=1S/C18H17ClN2O5/c19-11-5-6-14(13(7-11)18(20)23)25-10-17(22)21-8-12-9-24-15-3-1-2-4-16(15)26-12/h1-7,12H,8-10H2,(H2,20,23)(H,21,22)/t12-/m1/s1. The highest BCUT2D eigenvalue weighted by atomic mass is 35.5. The first-order valence-corrected chi connectivity index (χ1v) is 8.28. The Kier molecular flexibility index (Phi) is 5.48. The number of benzene rings is 2. The fourth-order valence-corrected chi connectivity index (χ4v) is 2.58. The van der Waals surface area contributed by atoms with E-state index in [-0.39, 0.29) is 36.5 Å². The van der Waals surface area contributed by atoms with E-state index in [1.54, 1.807) is 12.1 Å². The lowest BCUT2D eigenvalue weighted by molar-refractivity contribution is -0.123. The van der Waals surface area contributed by atoms with Crippen LogP contribution in [-0.2, 0) is 4.79 Å². The minimum absolute atomic E-state index is 0.117. The second-order valence-electron chi connectivity index (χ2n) is 5.60. The molecule has 0 fully saturated rings. The second kappa shape index (κ2) is 7.97. The first-order chi connectivity index (χ1) is 12.5. The quantitative estimate of drug-likeness (QED) is 0.800. The molecule has 1 aliphatic heterocycles. The van der Waals surface area contributed by atoms with Crippen LogP contribution < -0.4 is 25.3 Å². The van der Waals surface area contributed by atoms with Crippen LogP contribution >= 0.6 is 11.6 Å². The number of halogens is 1. The summed E-state index contributed by atoms with van der Waals surface area (Å²) in [6.07, 6.45) is -0.300. The Labute approximate surface area is 155 Å². The summed E-state index contributed by atoms with van der Waals surface area (Å²) in [7, 11) is 0. The van der Waals surface area contributed by atoms with Crippen molar-refractivity contribution in [3.63, 3.8) is 0 Å². The molecular formula is C18H17ClN2O5. The minimum atomic E-state index is -0.686. The zero-order chi connectivity index (χ0) is 18.5. The van der Waals surface area contributed by atoms with Crippen LogP contribution in [0.5, 0.6) is 17.2 Å². The van der Waals surface area contributed by atoms with Crippen LogP contribution in [-0.4, -0.2) is 37.7 Å². The van der Waals surface area contributed by atoms with Crippen LogP contribution in [0.3, 0.4) is 0 Å². The van der Waals surface area contributed by atoms with E-state index in [1.165, 1.54) is 12.1 Å². The van der Waals surface area contributed by atoms with Crippen molar-refractivity contribution in [3.8, 4) is 17.2 Å². The van der Waals surface area contributed by atoms with E-state index >= 15 is 0 Å². The van der Waals surface area contributed by atoms with Gasteiger partial charge in [-0.1, -0.05) is 23.7 Å². The van der Waals surface area contributed by atoms with E-state index in [4.69, 9.17) is 31.5 Å². The van der Waals surface area contributed by atoms with E-state index in [1.807, 2.05) is 18.2 Å². The summed E-state index contributed by atoms with van der Waals surface area (Å²) in [5.74, 6) is 0.469. The van der Waals surface area contributed by atoms with E-state index < -0.39 is 5.91 Å². The summed E-state index contributed by atoms with van der Waals surface area (Å²) in [4.78, 5) is 23.4. The van der Waals surface area contributed by atoms with Gasteiger partial charge in [0.15, 0.2) is 18.1 Å². The van der Waals surface area contributed by atoms with Gasteiger partial charge in [0.1, 0.15) is 18.5 Å². The number of ether oxygens (including phenoxy) is 3. The smallest absolute Gasteiger partial charge is 0.258 e. The van der Waals surface area contributed by atoms with E-state index in [2.05, 4.69) is 5.32 Å². The van der Waals surface area contributed by atoms with E-state index in [0.717, 1.165) is 0 Å². The maximum atomic E-state index is 12.0. The molecule has 3 N–H and O–H groups in total. The lowest BCUT2D eigenvalue weighted by Gasteiger charge is -2.26. The number of amides is 2. The first-order valence-electron chi connectivity index (χ1n) is 7.90. The van der Waals surface area contributed by atoms with Crippen molar-refractivity contribution in [1.29, 1.82) is 0 Å². The number of nitrogens with two attached hydrogens (primary N) is 1.